The lowest BCUT2D eigenvalue weighted by Gasteiger charge is -2.12. The standard InChI is InChI=1S/C26H24N4O3S/c1-17-4-6-21(14-18(17)2)30-25(19-8-10-27-11-9-19)28-29-26(30)34-16-22(31)20-5-7-23-24(15-20)33-13-3-12-32-23/h4-11,14-15H,3,12-13,16H2,1-2H3. The van der Waals surface area contributed by atoms with Crippen molar-refractivity contribution < 1.29 is 14.3 Å². The Morgan fingerprint density at radius 3 is 2.53 bits per heavy atom. The van der Waals surface area contributed by atoms with Crippen LogP contribution in [0.4, 0.5) is 0 Å². The molecule has 2 aromatic carbocycles. The summed E-state index contributed by atoms with van der Waals surface area (Å²) in [7, 11) is 0. The van der Waals surface area contributed by atoms with Gasteiger partial charge < -0.3 is 9.47 Å². The highest BCUT2D eigenvalue weighted by Crippen LogP contribution is 2.32. The Balaban J connectivity index is 1.44. The lowest BCUT2D eigenvalue weighted by atomic mass is 10.1. The number of thioether (sulfide) groups is 1. The lowest BCUT2D eigenvalue weighted by molar-refractivity contribution is 0.102. The van der Waals surface area contributed by atoms with Crippen LogP contribution in [-0.2, 0) is 0 Å². The molecule has 0 fully saturated rings. The van der Waals surface area contributed by atoms with Crippen molar-refractivity contribution in [2.75, 3.05) is 19.0 Å². The Bertz CT molecular complexity index is 1340. The van der Waals surface area contributed by atoms with E-state index in [1.807, 2.05) is 22.8 Å². The molecule has 1 aliphatic heterocycles. The molecular weight excluding hydrogens is 448 g/mol. The summed E-state index contributed by atoms with van der Waals surface area (Å²) < 4.78 is 13.4. The van der Waals surface area contributed by atoms with E-state index < -0.39 is 0 Å². The van der Waals surface area contributed by atoms with Crippen LogP contribution in [0.2, 0.25) is 0 Å². The molecule has 0 saturated carbocycles. The lowest BCUT2D eigenvalue weighted by Crippen LogP contribution is -2.06. The Labute approximate surface area is 202 Å². The minimum atomic E-state index is -0.0132. The third-order valence-corrected chi connectivity index (χ3v) is 6.65. The van der Waals surface area contributed by atoms with E-state index in [4.69, 9.17) is 9.47 Å². The number of pyridine rings is 1. The van der Waals surface area contributed by atoms with Gasteiger partial charge in [0.25, 0.3) is 0 Å². The van der Waals surface area contributed by atoms with Gasteiger partial charge in [0.15, 0.2) is 28.3 Å². The van der Waals surface area contributed by atoms with Crippen LogP contribution in [0.1, 0.15) is 27.9 Å². The van der Waals surface area contributed by atoms with Gasteiger partial charge in [0.2, 0.25) is 0 Å². The van der Waals surface area contributed by atoms with Crippen LogP contribution >= 0.6 is 11.8 Å². The zero-order chi connectivity index (χ0) is 23.5. The van der Waals surface area contributed by atoms with Crippen molar-refractivity contribution in [3.63, 3.8) is 0 Å². The van der Waals surface area contributed by atoms with Crippen molar-refractivity contribution in [1.29, 1.82) is 0 Å². The predicted molar refractivity (Wildman–Crippen MR) is 131 cm³/mol. The molecule has 0 unspecified atom stereocenters. The molecule has 2 aromatic heterocycles. The van der Waals surface area contributed by atoms with E-state index in [0.29, 0.717) is 41.3 Å². The number of rotatable bonds is 6. The largest absolute Gasteiger partial charge is 0.490 e. The summed E-state index contributed by atoms with van der Waals surface area (Å²) >= 11 is 1.36. The number of aryl methyl sites for hydroxylation is 2. The minimum absolute atomic E-state index is 0.0132. The van der Waals surface area contributed by atoms with Gasteiger partial charge in [-0.25, -0.2) is 0 Å². The van der Waals surface area contributed by atoms with E-state index in [1.54, 1.807) is 30.6 Å². The predicted octanol–water partition coefficient (Wildman–Crippen LogP) is 5.08. The molecule has 0 spiro atoms. The van der Waals surface area contributed by atoms with Crippen molar-refractivity contribution >= 4 is 17.5 Å². The number of aromatic nitrogens is 4. The average molecular weight is 473 g/mol. The van der Waals surface area contributed by atoms with Gasteiger partial charge in [-0.15, -0.1) is 10.2 Å². The summed E-state index contributed by atoms with van der Waals surface area (Å²) in [6.45, 7) is 5.36. The Hall–Kier alpha value is -3.65. The fraction of sp³-hybridized carbons (Fsp3) is 0.231. The van der Waals surface area contributed by atoms with Gasteiger partial charge in [0.05, 0.1) is 24.7 Å². The van der Waals surface area contributed by atoms with Gasteiger partial charge in [0, 0.05) is 29.9 Å². The van der Waals surface area contributed by atoms with Crippen LogP contribution in [0, 0.1) is 13.8 Å². The second-order valence-electron chi connectivity index (χ2n) is 8.07. The third-order valence-electron chi connectivity index (χ3n) is 5.72. The molecule has 172 valence electrons. The molecule has 0 amide bonds. The fourth-order valence-electron chi connectivity index (χ4n) is 3.70. The van der Waals surface area contributed by atoms with Crippen LogP contribution in [0.25, 0.3) is 17.1 Å². The molecule has 8 heteroatoms. The Morgan fingerprint density at radius 2 is 1.74 bits per heavy atom. The first-order chi connectivity index (χ1) is 16.6. The molecular formula is C26H24N4O3S. The number of ether oxygens (including phenoxy) is 2. The van der Waals surface area contributed by atoms with Crippen molar-refractivity contribution in [1.82, 2.24) is 19.7 Å². The molecule has 0 bridgehead atoms. The second kappa shape index (κ2) is 9.69. The first-order valence-corrected chi connectivity index (χ1v) is 12.1. The molecule has 0 N–H and O–H groups in total. The summed E-state index contributed by atoms with van der Waals surface area (Å²) in [5, 5.41) is 9.53. The van der Waals surface area contributed by atoms with E-state index in [0.717, 1.165) is 17.7 Å². The number of nitrogens with zero attached hydrogens (tertiary/aromatic N) is 4. The van der Waals surface area contributed by atoms with Crippen molar-refractivity contribution in [3.8, 4) is 28.6 Å². The molecule has 1 aliphatic rings. The number of hydrogen-bond acceptors (Lipinski definition) is 7. The van der Waals surface area contributed by atoms with Crippen LogP contribution < -0.4 is 9.47 Å². The van der Waals surface area contributed by atoms with Gasteiger partial charge in [-0.1, -0.05) is 17.8 Å². The van der Waals surface area contributed by atoms with Gasteiger partial charge in [0.1, 0.15) is 0 Å². The molecule has 0 radical (unpaired) electrons. The number of carbonyl (C=O) groups is 1. The zero-order valence-corrected chi connectivity index (χ0v) is 19.8. The Kier molecular flexibility index (Phi) is 6.31. The highest BCUT2D eigenvalue weighted by molar-refractivity contribution is 7.99. The van der Waals surface area contributed by atoms with E-state index in [1.165, 1.54) is 22.9 Å². The molecule has 5 rings (SSSR count). The molecule has 3 heterocycles. The number of Topliss-reactive ketones (excluding diaryl/α,β-unsaturated/α-hetero) is 1. The van der Waals surface area contributed by atoms with E-state index in [9.17, 15) is 4.79 Å². The van der Waals surface area contributed by atoms with Crippen LogP contribution in [-0.4, -0.2) is 44.5 Å². The summed E-state index contributed by atoms with van der Waals surface area (Å²) in [4.78, 5) is 17.1. The van der Waals surface area contributed by atoms with E-state index in [2.05, 4.69) is 41.2 Å². The molecule has 34 heavy (non-hydrogen) atoms. The number of ketones is 1. The molecule has 4 aromatic rings. The van der Waals surface area contributed by atoms with Gasteiger partial charge >= 0.3 is 0 Å². The zero-order valence-electron chi connectivity index (χ0n) is 19.0. The first kappa shape index (κ1) is 22.2. The summed E-state index contributed by atoms with van der Waals surface area (Å²) in [5.74, 6) is 2.21. The van der Waals surface area contributed by atoms with Crippen molar-refractivity contribution in [2.24, 2.45) is 0 Å². The van der Waals surface area contributed by atoms with Gasteiger partial charge in [-0.3, -0.25) is 14.3 Å². The smallest absolute Gasteiger partial charge is 0.196 e. The van der Waals surface area contributed by atoms with Crippen LogP contribution in [0.15, 0.2) is 66.1 Å². The molecule has 0 atom stereocenters. The summed E-state index contributed by atoms with van der Waals surface area (Å²) in [6.07, 6.45) is 4.28. The first-order valence-electron chi connectivity index (χ1n) is 11.1. The maximum atomic E-state index is 13.0. The summed E-state index contributed by atoms with van der Waals surface area (Å²) in [5.41, 5.74) is 4.82. The monoisotopic (exact) mass is 472 g/mol. The second-order valence-corrected chi connectivity index (χ2v) is 9.01. The number of hydrogen-bond donors (Lipinski definition) is 0. The fourth-order valence-corrected chi connectivity index (χ4v) is 4.55. The van der Waals surface area contributed by atoms with E-state index >= 15 is 0 Å². The highest BCUT2D eigenvalue weighted by Gasteiger charge is 2.19. The number of fused-ring (bicyclic) bond motifs is 1. The minimum Gasteiger partial charge on any atom is -0.490 e. The third kappa shape index (κ3) is 4.54. The maximum Gasteiger partial charge on any atom is 0.196 e. The van der Waals surface area contributed by atoms with Crippen molar-refractivity contribution in [3.05, 3.63) is 77.6 Å². The topological polar surface area (TPSA) is 79.1 Å². The van der Waals surface area contributed by atoms with Crippen LogP contribution in [0.3, 0.4) is 0 Å². The van der Waals surface area contributed by atoms with Crippen LogP contribution in [0.5, 0.6) is 11.5 Å². The quantitative estimate of drug-likeness (QED) is 0.286. The average Bonchev–Trinajstić information content (AvgIpc) is 3.14. The SMILES string of the molecule is Cc1ccc(-n2c(SCC(=O)c3ccc4c(c3)OCCCO4)nnc2-c2ccncc2)cc1C. The van der Waals surface area contributed by atoms with Gasteiger partial charge in [-0.05, 0) is 67.4 Å². The summed E-state index contributed by atoms with van der Waals surface area (Å²) in [6, 6.07) is 15.4. The number of carbonyl (C=O) groups excluding carboxylic acids is 1. The molecule has 0 aliphatic carbocycles. The normalized spacial score (nSPS) is 12.9. The number of benzene rings is 2. The van der Waals surface area contributed by atoms with E-state index in [-0.39, 0.29) is 11.5 Å². The maximum absolute atomic E-state index is 13.0. The van der Waals surface area contributed by atoms with Gasteiger partial charge in [-0.2, -0.15) is 0 Å². The Morgan fingerprint density at radius 1 is 0.941 bits per heavy atom. The highest BCUT2D eigenvalue weighted by atomic mass is 32.2. The van der Waals surface area contributed by atoms with Crippen molar-refractivity contribution in [2.45, 2.75) is 25.4 Å². The molecule has 7 nitrogen and oxygen atoms in total. The molecule has 0 saturated heterocycles.